The Hall–Kier alpha value is -3.31. The summed E-state index contributed by atoms with van der Waals surface area (Å²) in [6.45, 7) is 14.6. The van der Waals surface area contributed by atoms with Crippen molar-refractivity contribution >= 4 is 34.6 Å². The van der Waals surface area contributed by atoms with Crippen LogP contribution in [0.1, 0.15) is 76.8 Å². The average molecular weight is 513 g/mol. The monoisotopic (exact) mass is 512 g/mol. The van der Waals surface area contributed by atoms with Gasteiger partial charge in [0.2, 0.25) is 0 Å². The Morgan fingerprint density at radius 1 is 0.865 bits per heavy atom. The maximum atomic E-state index is 13.9. The first-order valence-electron chi connectivity index (χ1n) is 12.7. The molecule has 1 aliphatic rings. The highest BCUT2D eigenvalue weighted by atomic mass is 32.2. The number of hydrogen-bond acceptors (Lipinski definition) is 4. The van der Waals surface area contributed by atoms with E-state index in [0.29, 0.717) is 15.8 Å². The molecule has 0 spiro atoms. The van der Waals surface area contributed by atoms with Crippen molar-refractivity contribution in [1.29, 1.82) is 0 Å². The Kier molecular flexibility index (Phi) is 7.38. The highest BCUT2D eigenvalue weighted by Crippen LogP contribution is 2.43. The van der Waals surface area contributed by atoms with Crippen LogP contribution >= 0.6 is 11.8 Å². The molecule has 4 nitrogen and oxygen atoms in total. The molecule has 5 heteroatoms. The summed E-state index contributed by atoms with van der Waals surface area (Å²) >= 11 is 1.40. The van der Waals surface area contributed by atoms with Gasteiger partial charge < -0.3 is 5.11 Å². The predicted molar refractivity (Wildman–Crippen MR) is 156 cm³/mol. The van der Waals surface area contributed by atoms with Gasteiger partial charge in [0, 0.05) is 11.1 Å². The van der Waals surface area contributed by atoms with Gasteiger partial charge in [0.25, 0.3) is 5.91 Å². The van der Waals surface area contributed by atoms with E-state index < -0.39 is 0 Å². The van der Waals surface area contributed by atoms with Crippen molar-refractivity contribution < 1.29 is 9.90 Å². The van der Waals surface area contributed by atoms with E-state index in [1.165, 1.54) is 11.8 Å². The number of hydrogen-bond donors (Lipinski definition) is 1. The second kappa shape index (κ2) is 10.2. The topological polar surface area (TPSA) is 52.9 Å². The molecule has 1 amide bonds. The van der Waals surface area contributed by atoms with E-state index in [9.17, 15) is 9.90 Å². The Bertz CT molecular complexity index is 1310. The predicted octanol–water partition coefficient (Wildman–Crippen LogP) is 8.35. The number of aromatic hydroxyl groups is 1. The molecule has 0 radical (unpaired) electrons. The van der Waals surface area contributed by atoms with Crippen molar-refractivity contribution in [1.82, 2.24) is 4.90 Å². The fourth-order valence-electron chi connectivity index (χ4n) is 4.43. The molecule has 0 saturated carbocycles. The van der Waals surface area contributed by atoms with E-state index in [0.717, 1.165) is 27.9 Å². The summed E-state index contributed by atoms with van der Waals surface area (Å²) in [5.41, 5.74) is 3.99. The molecular formula is C32H36N2O2S. The number of amidine groups is 1. The molecule has 1 heterocycles. The SMILES string of the molecule is C[C@@H](c1ccccc1)N1C(=O)/C(=C\c2cc(C(C)(C)C)c(O)c(C(C)(C)C)c2)SC1=Nc1ccccc1. The summed E-state index contributed by atoms with van der Waals surface area (Å²) in [4.78, 5) is 21.1. The van der Waals surface area contributed by atoms with Gasteiger partial charge in [0.1, 0.15) is 5.75 Å². The highest BCUT2D eigenvalue weighted by Gasteiger charge is 2.37. The smallest absolute Gasteiger partial charge is 0.267 e. The lowest BCUT2D eigenvalue weighted by atomic mass is 9.78. The van der Waals surface area contributed by atoms with Crippen LogP contribution in [0.4, 0.5) is 5.69 Å². The number of phenols is 1. The minimum Gasteiger partial charge on any atom is -0.507 e. The lowest BCUT2D eigenvalue weighted by Gasteiger charge is -2.28. The van der Waals surface area contributed by atoms with Crippen LogP contribution in [0.25, 0.3) is 6.08 Å². The number of nitrogens with zero attached hydrogens (tertiary/aromatic N) is 2. The van der Waals surface area contributed by atoms with Crippen LogP contribution in [0.3, 0.4) is 0 Å². The summed E-state index contributed by atoms with van der Waals surface area (Å²) < 4.78 is 0. The van der Waals surface area contributed by atoms with E-state index in [1.807, 2.05) is 85.8 Å². The number of aliphatic imine (C=N–C) groups is 1. The van der Waals surface area contributed by atoms with Gasteiger partial charge in [-0.15, -0.1) is 0 Å². The molecular weight excluding hydrogens is 476 g/mol. The number of rotatable bonds is 4. The van der Waals surface area contributed by atoms with Gasteiger partial charge in [-0.25, -0.2) is 4.99 Å². The summed E-state index contributed by atoms with van der Waals surface area (Å²) in [7, 11) is 0. The van der Waals surface area contributed by atoms with Crippen molar-refractivity contribution in [3.63, 3.8) is 0 Å². The summed E-state index contributed by atoms with van der Waals surface area (Å²) in [6, 6.07) is 23.6. The molecule has 0 bridgehead atoms. The Labute approximate surface area is 225 Å². The second-order valence-electron chi connectivity index (χ2n) is 11.6. The van der Waals surface area contributed by atoms with E-state index in [4.69, 9.17) is 4.99 Å². The second-order valence-corrected chi connectivity index (χ2v) is 12.6. The molecule has 0 aliphatic carbocycles. The van der Waals surface area contributed by atoms with E-state index in [-0.39, 0.29) is 22.8 Å². The van der Waals surface area contributed by atoms with Crippen molar-refractivity contribution in [2.24, 2.45) is 4.99 Å². The standard InChI is InChI=1S/C32H36N2O2S/c1-21(23-14-10-8-11-15-23)34-29(36)27(37-30(34)33-24-16-12-9-13-17-24)20-22-18-25(31(2,3)4)28(35)26(19-22)32(5,6)7/h8-21,35H,1-7H3/b27-20+,33-30?/t21-/m0/s1. The number of para-hydroxylation sites is 1. The maximum absolute atomic E-state index is 13.9. The molecule has 192 valence electrons. The number of thioether (sulfide) groups is 1. The van der Waals surface area contributed by atoms with Gasteiger partial charge in [0.15, 0.2) is 5.17 Å². The third-order valence-corrected chi connectivity index (χ3v) is 7.52. The van der Waals surface area contributed by atoms with Crippen LogP contribution in [0.5, 0.6) is 5.75 Å². The van der Waals surface area contributed by atoms with Gasteiger partial charge >= 0.3 is 0 Å². The number of amides is 1. The largest absolute Gasteiger partial charge is 0.507 e. The third kappa shape index (κ3) is 5.83. The quantitative estimate of drug-likeness (QED) is 0.357. The molecule has 4 rings (SSSR count). The van der Waals surface area contributed by atoms with E-state index in [1.54, 1.807) is 4.90 Å². The first-order chi connectivity index (χ1) is 17.4. The van der Waals surface area contributed by atoms with E-state index in [2.05, 4.69) is 41.5 Å². The Morgan fingerprint density at radius 2 is 1.38 bits per heavy atom. The number of phenolic OH excluding ortho intramolecular Hbond substituents is 1. The number of carbonyl (C=O) groups excluding carboxylic acids is 1. The van der Waals surface area contributed by atoms with Crippen LogP contribution in [0, 0.1) is 0 Å². The van der Waals surface area contributed by atoms with Gasteiger partial charge in [0.05, 0.1) is 16.6 Å². The molecule has 0 aromatic heterocycles. The zero-order valence-electron chi connectivity index (χ0n) is 22.7. The van der Waals surface area contributed by atoms with Crippen molar-refractivity contribution in [3.05, 3.63) is 100.0 Å². The van der Waals surface area contributed by atoms with Crippen molar-refractivity contribution in [2.75, 3.05) is 0 Å². The minimum absolute atomic E-state index is 0.0706. The van der Waals surface area contributed by atoms with Gasteiger partial charge in [-0.3, -0.25) is 9.69 Å². The van der Waals surface area contributed by atoms with Gasteiger partial charge in [-0.1, -0.05) is 90.1 Å². The molecule has 0 unspecified atom stereocenters. The van der Waals surface area contributed by atoms with Gasteiger partial charge in [-0.2, -0.15) is 0 Å². The molecule has 1 fully saturated rings. The first-order valence-corrected chi connectivity index (χ1v) is 13.5. The normalized spacial score (nSPS) is 17.6. The molecule has 37 heavy (non-hydrogen) atoms. The van der Waals surface area contributed by atoms with E-state index >= 15 is 0 Å². The van der Waals surface area contributed by atoms with Crippen LogP contribution in [0.2, 0.25) is 0 Å². The minimum atomic E-state index is -0.251. The lowest BCUT2D eigenvalue weighted by Crippen LogP contribution is -2.32. The summed E-state index contributed by atoms with van der Waals surface area (Å²) in [6.07, 6.45) is 1.94. The zero-order chi connectivity index (χ0) is 27.0. The molecule has 1 N–H and O–H groups in total. The molecule has 1 atom stereocenters. The van der Waals surface area contributed by atoms with Crippen molar-refractivity contribution in [2.45, 2.75) is 65.3 Å². The van der Waals surface area contributed by atoms with Crippen LogP contribution in [0.15, 0.2) is 82.7 Å². The van der Waals surface area contributed by atoms with Gasteiger partial charge in [-0.05, 0) is 71.0 Å². The highest BCUT2D eigenvalue weighted by molar-refractivity contribution is 8.18. The molecule has 1 saturated heterocycles. The summed E-state index contributed by atoms with van der Waals surface area (Å²) in [5, 5.41) is 11.8. The Morgan fingerprint density at radius 3 is 1.89 bits per heavy atom. The molecule has 3 aromatic rings. The zero-order valence-corrected chi connectivity index (χ0v) is 23.6. The van der Waals surface area contributed by atoms with Crippen LogP contribution in [-0.2, 0) is 15.6 Å². The molecule has 3 aromatic carbocycles. The number of carbonyl (C=O) groups is 1. The third-order valence-electron chi connectivity index (χ3n) is 6.53. The lowest BCUT2D eigenvalue weighted by molar-refractivity contribution is -0.123. The van der Waals surface area contributed by atoms with Crippen molar-refractivity contribution in [3.8, 4) is 5.75 Å². The molecule has 1 aliphatic heterocycles. The summed E-state index contributed by atoms with van der Waals surface area (Å²) in [5.74, 6) is 0.261. The first kappa shape index (κ1) is 26.7. The fraction of sp³-hybridized carbons (Fsp3) is 0.312. The average Bonchev–Trinajstić information content (AvgIpc) is 3.13. The Balaban J connectivity index is 1.83. The number of benzene rings is 3. The van der Waals surface area contributed by atoms with Crippen LogP contribution < -0.4 is 0 Å². The van der Waals surface area contributed by atoms with Crippen LogP contribution in [-0.4, -0.2) is 21.1 Å². The maximum Gasteiger partial charge on any atom is 0.267 e. The fourth-order valence-corrected chi connectivity index (χ4v) is 5.50.